The van der Waals surface area contributed by atoms with Crippen molar-refractivity contribution in [3.63, 3.8) is 0 Å². The zero-order valence-electron chi connectivity index (χ0n) is 19.0. The van der Waals surface area contributed by atoms with Crippen molar-refractivity contribution in [2.75, 3.05) is 12.0 Å². The third-order valence-corrected chi connectivity index (χ3v) is 6.29. The summed E-state index contributed by atoms with van der Waals surface area (Å²) < 4.78 is 116. The van der Waals surface area contributed by atoms with E-state index in [1.54, 1.807) is 0 Å². The van der Waals surface area contributed by atoms with E-state index in [0.29, 0.717) is 6.07 Å². The zero-order chi connectivity index (χ0) is 27.9. The molecule has 0 aliphatic carbocycles. The minimum Gasteiger partial charge on any atom is -0.366 e. The maximum absolute atomic E-state index is 14.5. The Labute approximate surface area is 201 Å². The number of carbonyl (C=O) groups is 2. The summed E-state index contributed by atoms with van der Waals surface area (Å²) >= 11 is 0. The molecule has 0 heterocycles. The highest BCUT2D eigenvalue weighted by Gasteiger charge is 2.73. The van der Waals surface area contributed by atoms with Gasteiger partial charge < -0.3 is 11.1 Å². The lowest BCUT2D eigenvalue weighted by Crippen LogP contribution is -2.50. The molecule has 198 valence electrons. The van der Waals surface area contributed by atoms with Gasteiger partial charge in [-0.05, 0) is 36.6 Å². The van der Waals surface area contributed by atoms with Crippen molar-refractivity contribution in [1.29, 1.82) is 0 Å². The molecule has 0 saturated heterocycles. The van der Waals surface area contributed by atoms with Crippen LogP contribution in [0.4, 0.5) is 30.7 Å². The Kier molecular flexibility index (Phi) is 7.84. The van der Waals surface area contributed by atoms with Crippen LogP contribution in [0.15, 0.2) is 36.4 Å². The normalized spacial score (nSPS) is 13.8. The van der Waals surface area contributed by atoms with Gasteiger partial charge in [-0.1, -0.05) is 30.3 Å². The van der Waals surface area contributed by atoms with Crippen molar-refractivity contribution in [2.24, 2.45) is 5.73 Å². The van der Waals surface area contributed by atoms with Crippen LogP contribution in [-0.2, 0) is 15.5 Å². The van der Waals surface area contributed by atoms with Gasteiger partial charge in [-0.25, -0.2) is 12.8 Å². The molecule has 2 aromatic carbocycles. The van der Waals surface area contributed by atoms with Crippen molar-refractivity contribution in [1.82, 2.24) is 5.32 Å². The van der Waals surface area contributed by atoms with E-state index in [4.69, 9.17) is 5.73 Å². The van der Waals surface area contributed by atoms with Crippen LogP contribution in [0.2, 0.25) is 0 Å². The van der Waals surface area contributed by atoms with Gasteiger partial charge in [0.1, 0.15) is 9.84 Å². The van der Waals surface area contributed by atoms with Crippen LogP contribution in [0, 0.1) is 6.92 Å². The number of primary amides is 1. The highest BCUT2D eigenvalue weighted by molar-refractivity contribution is 7.90. The molecule has 3 N–H and O–H groups in total. The molecule has 36 heavy (non-hydrogen) atoms. The fraction of sp³-hybridized carbons (Fsp3) is 0.364. The molecule has 14 heteroatoms. The first-order valence-corrected chi connectivity index (χ1v) is 12.1. The molecule has 0 bridgehead atoms. The van der Waals surface area contributed by atoms with Gasteiger partial charge >= 0.3 is 18.0 Å². The van der Waals surface area contributed by atoms with Crippen LogP contribution in [0.1, 0.15) is 38.8 Å². The molecule has 0 saturated carbocycles. The largest absolute Gasteiger partial charge is 0.435 e. The first kappa shape index (κ1) is 29.1. The maximum atomic E-state index is 14.5. The molecule has 1 unspecified atom stereocenters. The Hall–Kier alpha value is -3.16. The number of nitrogens with two attached hydrogens (primary N) is 1. The molecule has 6 nitrogen and oxygen atoms in total. The number of hydrogen-bond donors (Lipinski definition) is 2. The van der Waals surface area contributed by atoms with Gasteiger partial charge in [-0.3, -0.25) is 9.59 Å². The summed E-state index contributed by atoms with van der Waals surface area (Å²) in [5, 5.41) is 2.37. The van der Waals surface area contributed by atoms with Crippen LogP contribution in [0.25, 0.3) is 11.1 Å². The smallest absolute Gasteiger partial charge is 0.366 e. The lowest BCUT2D eigenvalue weighted by Gasteiger charge is -2.30. The van der Waals surface area contributed by atoms with Crippen LogP contribution in [0.5, 0.6) is 0 Å². The fourth-order valence-corrected chi connectivity index (χ4v) is 4.68. The summed E-state index contributed by atoms with van der Waals surface area (Å²) in [6.45, 7) is 2.46. The summed E-state index contributed by atoms with van der Waals surface area (Å²) in [6.07, 6.45) is -11.7. The standard InChI is InChI=1S/C22H21F7N2O4S/c1-11-9-13(20(23,21(24,25)26)22(27,28)29)7-8-14(11)15-5-4-6-16(18(30)32)17(15)19(33)31-12(2)10-36(3,34)35/h4-9,12H,10H2,1-3H3,(H2,30,32)(H,31,33). The minimum absolute atomic E-state index is 0.0885. The molecule has 0 spiro atoms. The highest BCUT2D eigenvalue weighted by atomic mass is 32.2. The number of benzene rings is 2. The summed E-state index contributed by atoms with van der Waals surface area (Å²) in [5.74, 6) is -2.51. The van der Waals surface area contributed by atoms with Gasteiger partial charge in [0.15, 0.2) is 0 Å². The molecule has 0 aliphatic rings. The summed E-state index contributed by atoms with van der Waals surface area (Å²) in [7, 11) is -3.52. The van der Waals surface area contributed by atoms with Gasteiger partial charge in [-0.2, -0.15) is 26.3 Å². The lowest BCUT2D eigenvalue weighted by atomic mass is 9.87. The van der Waals surface area contributed by atoms with E-state index < -0.39 is 57.0 Å². The van der Waals surface area contributed by atoms with Gasteiger partial charge in [0.25, 0.3) is 5.91 Å². The predicted octanol–water partition coefficient (Wildman–Crippen LogP) is 4.21. The van der Waals surface area contributed by atoms with Crippen LogP contribution in [-0.4, -0.2) is 50.6 Å². The van der Waals surface area contributed by atoms with E-state index in [9.17, 15) is 48.7 Å². The van der Waals surface area contributed by atoms with Crippen LogP contribution >= 0.6 is 0 Å². The van der Waals surface area contributed by atoms with Crippen molar-refractivity contribution < 1.29 is 48.7 Å². The average molecular weight is 542 g/mol. The third-order valence-electron chi connectivity index (χ3n) is 5.18. The second kappa shape index (κ2) is 9.71. The van der Waals surface area contributed by atoms with E-state index in [-0.39, 0.29) is 33.9 Å². The quantitative estimate of drug-likeness (QED) is 0.512. The molecule has 2 aromatic rings. The number of alkyl halides is 7. The average Bonchev–Trinajstić information content (AvgIpc) is 2.69. The Morgan fingerprint density at radius 3 is 1.97 bits per heavy atom. The van der Waals surface area contributed by atoms with E-state index in [2.05, 4.69) is 5.32 Å². The molecule has 0 aliphatic heterocycles. The number of carbonyl (C=O) groups excluding carboxylic acids is 2. The molecule has 0 radical (unpaired) electrons. The maximum Gasteiger partial charge on any atom is 0.435 e. The topological polar surface area (TPSA) is 106 Å². The molecular formula is C22H21F7N2O4S. The van der Waals surface area contributed by atoms with E-state index in [0.717, 1.165) is 25.3 Å². The van der Waals surface area contributed by atoms with Crippen molar-refractivity contribution in [3.05, 3.63) is 58.7 Å². The number of rotatable bonds is 7. The minimum atomic E-state index is -6.31. The Morgan fingerprint density at radius 2 is 1.53 bits per heavy atom. The molecule has 2 amide bonds. The molecule has 1 atom stereocenters. The molecular weight excluding hydrogens is 521 g/mol. The number of aryl methyl sites for hydroxylation is 1. The van der Waals surface area contributed by atoms with Gasteiger partial charge in [0.05, 0.1) is 16.9 Å². The third kappa shape index (κ3) is 5.79. The van der Waals surface area contributed by atoms with E-state index in [1.807, 2.05) is 0 Å². The van der Waals surface area contributed by atoms with Crippen molar-refractivity contribution in [2.45, 2.75) is 37.9 Å². The second-order valence-electron chi connectivity index (χ2n) is 8.24. The van der Waals surface area contributed by atoms with Gasteiger partial charge in [-0.15, -0.1) is 0 Å². The Bertz CT molecular complexity index is 1270. The Balaban J connectivity index is 2.70. The number of halogens is 7. The number of hydrogen-bond acceptors (Lipinski definition) is 4. The first-order valence-electron chi connectivity index (χ1n) is 10.1. The summed E-state index contributed by atoms with van der Waals surface area (Å²) in [5.41, 5.74) is -3.24. The molecule has 0 fully saturated rings. The highest BCUT2D eigenvalue weighted by Crippen LogP contribution is 2.53. The summed E-state index contributed by atoms with van der Waals surface area (Å²) in [4.78, 5) is 25.0. The number of nitrogens with one attached hydrogen (secondary N) is 1. The molecule has 2 rings (SSSR count). The zero-order valence-corrected chi connectivity index (χ0v) is 19.8. The van der Waals surface area contributed by atoms with Crippen molar-refractivity contribution >= 4 is 21.7 Å². The van der Waals surface area contributed by atoms with Crippen molar-refractivity contribution in [3.8, 4) is 11.1 Å². The predicted molar refractivity (Wildman–Crippen MR) is 117 cm³/mol. The number of amides is 2. The monoisotopic (exact) mass is 542 g/mol. The second-order valence-corrected chi connectivity index (χ2v) is 10.4. The van der Waals surface area contributed by atoms with Crippen LogP contribution < -0.4 is 11.1 Å². The fourth-order valence-electron chi connectivity index (χ4n) is 3.69. The van der Waals surface area contributed by atoms with E-state index >= 15 is 0 Å². The van der Waals surface area contributed by atoms with Crippen LogP contribution in [0.3, 0.4) is 0 Å². The Morgan fingerprint density at radius 1 is 0.972 bits per heavy atom. The van der Waals surface area contributed by atoms with Gasteiger partial charge in [0.2, 0.25) is 5.91 Å². The molecule has 0 aromatic heterocycles. The summed E-state index contributed by atoms with van der Waals surface area (Å²) in [6, 6.07) is 4.13. The number of sulfone groups is 1. The SMILES string of the molecule is Cc1cc(C(F)(C(F)(F)F)C(F)(F)F)ccc1-c1cccc(C(N)=O)c1C(=O)NC(C)CS(C)(=O)=O. The lowest BCUT2D eigenvalue weighted by molar-refractivity contribution is -0.348. The van der Waals surface area contributed by atoms with E-state index in [1.165, 1.54) is 19.1 Å². The van der Waals surface area contributed by atoms with Gasteiger partial charge in [0, 0.05) is 17.9 Å². The first-order chi connectivity index (χ1) is 16.2.